The SMILES string of the molecule is CC[C@H](C)N=C(N)SCc1cccc(S(=O)(=O)N2CCOCC2)c1. The maximum absolute atomic E-state index is 12.7. The lowest BCUT2D eigenvalue weighted by molar-refractivity contribution is 0.0730. The Morgan fingerprint density at radius 3 is 2.79 bits per heavy atom. The van der Waals surface area contributed by atoms with Gasteiger partial charge in [0.25, 0.3) is 0 Å². The minimum absolute atomic E-state index is 0.200. The molecule has 8 heteroatoms. The number of hydrogen-bond acceptors (Lipinski definition) is 5. The fourth-order valence-corrected chi connectivity index (χ4v) is 4.46. The van der Waals surface area contributed by atoms with Crippen LogP contribution < -0.4 is 5.73 Å². The molecule has 1 aliphatic rings. The summed E-state index contributed by atoms with van der Waals surface area (Å²) in [5.41, 5.74) is 6.82. The highest BCUT2D eigenvalue weighted by atomic mass is 32.2. The van der Waals surface area contributed by atoms with E-state index in [9.17, 15) is 8.42 Å². The highest BCUT2D eigenvalue weighted by molar-refractivity contribution is 8.13. The maximum Gasteiger partial charge on any atom is 0.243 e. The predicted molar refractivity (Wildman–Crippen MR) is 98.7 cm³/mol. The van der Waals surface area contributed by atoms with Gasteiger partial charge in [-0.2, -0.15) is 4.31 Å². The number of morpholine rings is 1. The Hall–Kier alpha value is -1.09. The van der Waals surface area contributed by atoms with Crippen molar-refractivity contribution in [2.75, 3.05) is 26.3 Å². The van der Waals surface area contributed by atoms with E-state index in [-0.39, 0.29) is 6.04 Å². The fraction of sp³-hybridized carbons (Fsp3) is 0.562. The first kappa shape index (κ1) is 19.2. The van der Waals surface area contributed by atoms with E-state index in [0.29, 0.717) is 42.1 Å². The molecule has 0 aromatic heterocycles. The Labute approximate surface area is 148 Å². The second-order valence-electron chi connectivity index (χ2n) is 5.68. The molecule has 0 bridgehead atoms. The molecule has 0 spiro atoms. The summed E-state index contributed by atoms with van der Waals surface area (Å²) in [6.07, 6.45) is 0.939. The van der Waals surface area contributed by atoms with Crippen molar-refractivity contribution in [2.24, 2.45) is 10.7 Å². The maximum atomic E-state index is 12.7. The van der Waals surface area contributed by atoms with Crippen molar-refractivity contribution < 1.29 is 13.2 Å². The van der Waals surface area contributed by atoms with Crippen LogP contribution in [0, 0.1) is 0 Å². The lowest BCUT2D eigenvalue weighted by atomic mass is 10.2. The molecule has 2 N–H and O–H groups in total. The molecule has 0 aliphatic carbocycles. The van der Waals surface area contributed by atoms with Gasteiger partial charge in [-0.1, -0.05) is 30.8 Å². The quantitative estimate of drug-likeness (QED) is 0.611. The van der Waals surface area contributed by atoms with Gasteiger partial charge in [-0.3, -0.25) is 4.99 Å². The average Bonchev–Trinajstić information content (AvgIpc) is 2.61. The van der Waals surface area contributed by atoms with Crippen LogP contribution in [0.1, 0.15) is 25.8 Å². The van der Waals surface area contributed by atoms with E-state index in [1.807, 2.05) is 13.0 Å². The van der Waals surface area contributed by atoms with Crippen LogP contribution >= 0.6 is 11.8 Å². The molecule has 0 saturated carbocycles. The fourth-order valence-electron chi connectivity index (χ4n) is 2.23. The second kappa shape index (κ2) is 8.84. The zero-order valence-corrected chi connectivity index (χ0v) is 15.8. The van der Waals surface area contributed by atoms with E-state index in [2.05, 4.69) is 11.9 Å². The third kappa shape index (κ3) is 5.20. The number of nitrogens with zero attached hydrogens (tertiary/aromatic N) is 2. The van der Waals surface area contributed by atoms with Crippen LogP contribution in [0.5, 0.6) is 0 Å². The molecule has 0 radical (unpaired) electrons. The Morgan fingerprint density at radius 1 is 1.42 bits per heavy atom. The Kier molecular flexibility index (Phi) is 7.09. The van der Waals surface area contributed by atoms with Gasteiger partial charge in [0.05, 0.1) is 18.1 Å². The average molecular weight is 372 g/mol. The van der Waals surface area contributed by atoms with Crippen molar-refractivity contribution in [1.82, 2.24) is 4.31 Å². The van der Waals surface area contributed by atoms with E-state index >= 15 is 0 Å². The molecule has 1 saturated heterocycles. The van der Waals surface area contributed by atoms with Crippen molar-refractivity contribution in [3.8, 4) is 0 Å². The molecular weight excluding hydrogens is 346 g/mol. The molecule has 1 atom stereocenters. The van der Waals surface area contributed by atoms with Gasteiger partial charge in [0, 0.05) is 24.9 Å². The number of ether oxygens (including phenoxy) is 1. The van der Waals surface area contributed by atoms with Crippen LogP contribution in [0.2, 0.25) is 0 Å². The molecule has 1 aliphatic heterocycles. The summed E-state index contributed by atoms with van der Waals surface area (Å²) in [6.45, 7) is 5.76. The van der Waals surface area contributed by atoms with E-state index in [1.165, 1.54) is 16.1 Å². The lowest BCUT2D eigenvalue weighted by Crippen LogP contribution is -2.40. The third-order valence-corrected chi connectivity index (χ3v) is 6.60. The van der Waals surface area contributed by atoms with E-state index in [1.54, 1.807) is 18.2 Å². The first-order valence-corrected chi connectivity index (χ1v) is 10.5. The summed E-state index contributed by atoms with van der Waals surface area (Å²) in [7, 11) is -3.46. The number of benzene rings is 1. The molecule has 2 rings (SSSR count). The number of thioether (sulfide) groups is 1. The molecular formula is C16H25N3O3S2. The summed E-state index contributed by atoms with van der Waals surface area (Å²) < 4.78 is 32.1. The Morgan fingerprint density at radius 2 is 2.12 bits per heavy atom. The summed E-state index contributed by atoms with van der Waals surface area (Å²) >= 11 is 1.43. The van der Waals surface area contributed by atoms with Crippen LogP contribution in [0.3, 0.4) is 0 Å². The first-order chi connectivity index (χ1) is 11.4. The summed E-state index contributed by atoms with van der Waals surface area (Å²) in [5.74, 6) is 0.595. The van der Waals surface area contributed by atoms with Gasteiger partial charge < -0.3 is 10.5 Å². The highest BCUT2D eigenvalue weighted by Gasteiger charge is 2.26. The number of sulfonamides is 1. The molecule has 1 aromatic carbocycles. The number of nitrogens with two attached hydrogens (primary N) is 1. The van der Waals surface area contributed by atoms with Crippen molar-refractivity contribution in [2.45, 2.75) is 37.0 Å². The van der Waals surface area contributed by atoms with Crippen molar-refractivity contribution in [1.29, 1.82) is 0 Å². The Bertz CT molecular complexity index is 671. The standard InChI is InChI=1S/C16H25N3O3S2/c1-3-13(2)18-16(17)23-12-14-5-4-6-15(11-14)24(20,21)19-7-9-22-10-8-19/h4-6,11,13H,3,7-10,12H2,1-2H3,(H2,17,18)/t13-/m0/s1. The van der Waals surface area contributed by atoms with E-state index < -0.39 is 10.0 Å². The molecule has 1 aromatic rings. The molecule has 6 nitrogen and oxygen atoms in total. The minimum Gasteiger partial charge on any atom is -0.379 e. The smallest absolute Gasteiger partial charge is 0.243 e. The minimum atomic E-state index is -3.46. The van der Waals surface area contributed by atoms with Gasteiger partial charge in [0.2, 0.25) is 10.0 Å². The number of rotatable bonds is 6. The summed E-state index contributed by atoms with van der Waals surface area (Å²) in [6, 6.07) is 7.22. The van der Waals surface area contributed by atoms with Gasteiger partial charge in [-0.05, 0) is 31.0 Å². The van der Waals surface area contributed by atoms with Crippen molar-refractivity contribution >= 4 is 27.0 Å². The summed E-state index contributed by atoms with van der Waals surface area (Å²) in [4.78, 5) is 4.69. The largest absolute Gasteiger partial charge is 0.379 e. The highest BCUT2D eigenvalue weighted by Crippen LogP contribution is 2.21. The second-order valence-corrected chi connectivity index (χ2v) is 8.61. The molecule has 0 unspecified atom stereocenters. The van der Waals surface area contributed by atoms with Gasteiger partial charge in [0.1, 0.15) is 0 Å². The van der Waals surface area contributed by atoms with Gasteiger partial charge in [0.15, 0.2) is 5.17 Å². The molecule has 1 heterocycles. The van der Waals surface area contributed by atoms with Crippen LogP contribution in [0.4, 0.5) is 0 Å². The van der Waals surface area contributed by atoms with Crippen LogP contribution in [-0.2, 0) is 20.5 Å². The van der Waals surface area contributed by atoms with E-state index in [0.717, 1.165) is 12.0 Å². The van der Waals surface area contributed by atoms with Gasteiger partial charge in [-0.25, -0.2) is 8.42 Å². The zero-order chi connectivity index (χ0) is 17.6. The predicted octanol–water partition coefficient (Wildman–Crippen LogP) is 2.05. The third-order valence-electron chi connectivity index (χ3n) is 3.83. The van der Waals surface area contributed by atoms with Crippen LogP contribution in [0.15, 0.2) is 34.2 Å². The van der Waals surface area contributed by atoms with Crippen molar-refractivity contribution in [3.63, 3.8) is 0 Å². The number of hydrogen-bond donors (Lipinski definition) is 1. The Balaban J connectivity index is 2.07. The topological polar surface area (TPSA) is 85.0 Å². The van der Waals surface area contributed by atoms with Crippen LogP contribution in [0.25, 0.3) is 0 Å². The number of aliphatic imine (C=N–C) groups is 1. The molecule has 24 heavy (non-hydrogen) atoms. The lowest BCUT2D eigenvalue weighted by Gasteiger charge is -2.26. The van der Waals surface area contributed by atoms with Gasteiger partial charge in [-0.15, -0.1) is 0 Å². The molecule has 1 fully saturated rings. The summed E-state index contributed by atoms with van der Waals surface area (Å²) in [5, 5.41) is 0.533. The normalized spacial score (nSPS) is 18.5. The van der Waals surface area contributed by atoms with Crippen LogP contribution in [-0.4, -0.2) is 50.2 Å². The van der Waals surface area contributed by atoms with Gasteiger partial charge >= 0.3 is 0 Å². The molecule has 134 valence electrons. The number of amidine groups is 1. The zero-order valence-electron chi connectivity index (χ0n) is 14.1. The monoisotopic (exact) mass is 371 g/mol. The molecule has 0 amide bonds. The van der Waals surface area contributed by atoms with E-state index in [4.69, 9.17) is 10.5 Å². The first-order valence-electron chi connectivity index (χ1n) is 8.06. The van der Waals surface area contributed by atoms with Crippen molar-refractivity contribution in [3.05, 3.63) is 29.8 Å².